The van der Waals surface area contributed by atoms with E-state index in [1.54, 1.807) is 10.9 Å². The molecule has 0 amide bonds. The van der Waals surface area contributed by atoms with Crippen molar-refractivity contribution in [3.63, 3.8) is 0 Å². The van der Waals surface area contributed by atoms with Crippen molar-refractivity contribution in [2.45, 2.75) is 19.4 Å². The van der Waals surface area contributed by atoms with Crippen LogP contribution in [-0.4, -0.2) is 20.5 Å². The number of nitrogens with zero attached hydrogens (tertiary/aromatic N) is 3. The van der Waals surface area contributed by atoms with Crippen molar-refractivity contribution in [2.75, 3.05) is 0 Å². The van der Waals surface area contributed by atoms with Crippen LogP contribution in [0.2, 0.25) is 4.34 Å². The normalized spacial score (nSPS) is 14.7. The first kappa shape index (κ1) is 13.0. The number of carbonyl (C=O) groups is 1. The Labute approximate surface area is 130 Å². The Hall–Kier alpha value is -1.72. The molecule has 4 nitrogen and oxygen atoms in total. The molecule has 0 bridgehead atoms. The van der Waals surface area contributed by atoms with E-state index in [9.17, 15) is 4.79 Å². The van der Waals surface area contributed by atoms with Gasteiger partial charge in [0.25, 0.3) is 0 Å². The minimum absolute atomic E-state index is 0.247. The Morgan fingerprint density at radius 3 is 2.95 bits per heavy atom. The lowest BCUT2D eigenvalue weighted by Gasteiger charge is -2.03. The monoisotopic (exact) mass is 317 g/mol. The third-order valence-corrected chi connectivity index (χ3v) is 4.97. The molecule has 1 aliphatic carbocycles. The topological polar surface area (TPSA) is 47.8 Å². The first-order valence-electron chi connectivity index (χ1n) is 6.81. The summed E-state index contributed by atoms with van der Waals surface area (Å²) in [5, 5.41) is 4.30. The van der Waals surface area contributed by atoms with E-state index in [0.717, 1.165) is 38.7 Å². The summed E-state index contributed by atoms with van der Waals surface area (Å²) in [5.74, 6) is 0.515. The second-order valence-corrected chi connectivity index (χ2v) is 6.99. The third kappa shape index (κ3) is 2.47. The van der Waals surface area contributed by atoms with Crippen LogP contribution in [-0.2, 0) is 11.3 Å². The summed E-state index contributed by atoms with van der Waals surface area (Å²) in [7, 11) is 0. The molecule has 3 heterocycles. The first-order valence-corrected chi connectivity index (χ1v) is 8.00. The van der Waals surface area contributed by atoms with Gasteiger partial charge in [-0.1, -0.05) is 11.6 Å². The van der Waals surface area contributed by atoms with Gasteiger partial charge in [-0.05, 0) is 31.0 Å². The zero-order valence-electron chi connectivity index (χ0n) is 11.1. The number of thiophene rings is 1. The molecule has 0 unspecified atom stereocenters. The van der Waals surface area contributed by atoms with E-state index in [1.807, 2.05) is 24.4 Å². The van der Waals surface area contributed by atoms with E-state index in [-0.39, 0.29) is 11.7 Å². The average molecular weight is 318 g/mol. The molecule has 1 fully saturated rings. The Morgan fingerprint density at radius 2 is 2.24 bits per heavy atom. The van der Waals surface area contributed by atoms with Crippen LogP contribution in [0.4, 0.5) is 0 Å². The number of halogens is 1. The van der Waals surface area contributed by atoms with Crippen molar-refractivity contribution in [3.05, 3.63) is 34.9 Å². The maximum absolute atomic E-state index is 12.0. The molecule has 4 rings (SSSR count). The average Bonchev–Trinajstić information content (AvgIpc) is 3.14. The maximum atomic E-state index is 12.0. The van der Waals surface area contributed by atoms with Crippen molar-refractivity contribution in [2.24, 2.45) is 5.92 Å². The molecule has 21 heavy (non-hydrogen) atoms. The van der Waals surface area contributed by atoms with Crippen LogP contribution in [0.1, 0.15) is 12.8 Å². The number of Topliss-reactive ketones (excluding diaryl/α,β-unsaturated/α-hetero) is 1. The van der Waals surface area contributed by atoms with Gasteiger partial charge in [-0.3, -0.25) is 14.5 Å². The van der Waals surface area contributed by atoms with Crippen LogP contribution >= 0.6 is 22.9 Å². The van der Waals surface area contributed by atoms with Gasteiger partial charge in [0.1, 0.15) is 12.1 Å². The van der Waals surface area contributed by atoms with Crippen molar-refractivity contribution >= 4 is 39.8 Å². The molecule has 0 aromatic carbocycles. The van der Waals surface area contributed by atoms with Crippen LogP contribution in [0, 0.1) is 5.92 Å². The van der Waals surface area contributed by atoms with Crippen LogP contribution < -0.4 is 0 Å². The molecule has 3 aromatic heterocycles. The Morgan fingerprint density at radius 1 is 1.38 bits per heavy atom. The van der Waals surface area contributed by atoms with E-state index in [1.165, 1.54) is 11.3 Å². The van der Waals surface area contributed by atoms with E-state index in [2.05, 4.69) is 10.1 Å². The fraction of sp³-hybridized carbons (Fsp3) is 0.267. The van der Waals surface area contributed by atoms with E-state index >= 15 is 0 Å². The largest absolute Gasteiger partial charge is 0.297 e. The highest BCUT2D eigenvalue weighted by molar-refractivity contribution is 7.19. The summed E-state index contributed by atoms with van der Waals surface area (Å²) in [6.07, 6.45) is 5.57. The molecule has 0 N–H and O–H groups in total. The number of hydrogen-bond donors (Lipinski definition) is 0. The predicted octanol–water partition coefficient (Wildman–Crippen LogP) is 3.79. The molecule has 6 heteroatoms. The van der Waals surface area contributed by atoms with Gasteiger partial charge < -0.3 is 0 Å². The quantitative estimate of drug-likeness (QED) is 0.735. The molecule has 0 atom stereocenters. The molecule has 0 radical (unpaired) electrons. The highest BCUT2D eigenvalue weighted by Crippen LogP contribution is 2.33. The number of hydrogen-bond acceptors (Lipinski definition) is 4. The number of rotatable bonds is 4. The summed E-state index contributed by atoms with van der Waals surface area (Å²) in [6, 6.07) is 5.88. The Bertz CT molecular complexity index is 834. The molecular formula is C15H12ClN3OS. The molecule has 0 spiro atoms. The van der Waals surface area contributed by atoms with Gasteiger partial charge >= 0.3 is 0 Å². The lowest BCUT2D eigenvalue weighted by atomic mass is 10.2. The number of carbonyl (C=O) groups excluding carboxylic acids is 1. The van der Waals surface area contributed by atoms with Gasteiger partial charge in [0.2, 0.25) is 0 Å². The van der Waals surface area contributed by atoms with Crippen molar-refractivity contribution in [1.29, 1.82) is 0 Å². The smallest absolute Gasteiger partial charge is 0.157 e. The van der Waals surface area contributed by atoms with Crippen LogP contribution in [0.25, 0.3) is 21.5 Å². The molecule has 0 saturated heterocycles. The summed E-state index contributed by atoms with van der Waals surface area (Å²) in [5.41, 5.74) is 2.70. The Kier molecular flexibility index (Phi) is 3.05. The van der Waals surface area contributed by atoms with Crippen molar-refractivity contribution in [3.8, 4) is 10.4 Å². The van der Waals surface area contributed by atoms with Crippen LogP contribution in [0.3, 0.4) is 0 Å². The fourth-order valence-corrected chi connectivity index (χ4v) is 3.39. The number of aromatic nitrogens is 3. The van der Waals surface area contributed by atoms with Crippen LogP contribution in [0.15, 0.2) is 30.6 Å². The first-order chi connectivity index (χ1) is 10.2. The second-order valence-electron chi connectivity index (χ2n) is 5.27. The zero-order chi connectivity index (χ0) is 14.4. The summed E-state index contributed by atoms with van der Waals surface area (Å²) in [4.78, 5) is 17.5. The fourth-order valence-electron chi connectivity index (χ4n) is 2.37. The molecule has 1 saturated carbocycles. The molecule has 0 aliphatic heterocycles. The standard InChI is InChI=1S/C15H12ClN3OS/c16-15-4-3-14(21-15)10-5-12-11(17-6-10)7-18-19(12)8-13(20)9-1-2-9/h3-7,9H,1-2,8H2. The number of pyridine rings is 1. The van der Waals surface area contributed by atoms with Crippen molar-refractivity contribution < 1.29 is 4.79 Å². The van der Waals surface area contributed by atoms with Gasteiger partial charge in [0.05, 0.1) is 16.0 Å². The van der Waals surface area contributed by atoms with Crippen LogP contribution in [0.5, 0.6) is 0 Å². The number of ketones is 1. The van der Waals surface area contributed by atoms with Gasteiger partial charge in [0.15, 0.2) is 5.78 Å². The Balaban J connectivity index is 1.73. The highest BCUT2D eigenvalue weighted by atomic mass is 35.5. The predicted molar refractivity (Wildman–Crippen MR) is 83.6 cm³/mol. The highest BCUT2D eigenvalue weighted by Gasteiger charge is 2.29. The van der Waals surface area contributed by atoms with E-state index in [4.69, 9.17) is 11.6 Å². The summed E-state index contributed by atoms with van der Waals surface area (Å²) < 4.78 is 2.50. The second kappa shape index (κ2) is 4.93. The van der Waals surface area contributed by atoms with Gasteiger partial charge in [-0.15, -0.1) is 11.3 Å². The van der Waals surface area contributed by atoms with Gasteiger partial charge in [0, 0.05) is 22.6 Å². The minimum atomic E-state index is 0.247. The molecule has 3 aromatic rings. The minimum Gasteiger partial charge on any atom is -0.297 e. The number of fused-ring (bicyclic) bond motifs is 1. The lowest BCUT2D eigenvalue weighted by molar-refractivity contribution is -0.120. The van der Waals surface area contributed by atoms with Gasteiger partial charge in [-0.25, -0.2) is 0 Å². The van der Waals surface area contributed by atoms with E-state index in [0.29, 0.717) is 6.54 Å². The van der Waals surface area contributed by atoms with Crippen molar-refractivity contribution in [1.82, 2.24) is 14.8 Å². The summed E-state index contributed by atoms with van der Waals surface area (Å²) in [6.45, 7) is 0.338. The summed E-state index contributed by atoms with van der Waals surface area (Å²) >= 11 is 7.50. The van der Waals surface area contributed by atoms with E-state index < -0.39 is 0 Å². The lowest BCUT2D eigenvalue weighted by Crippen LogP contribution is -2.12. The SMILES string of the molecule is O=C(Cn1ncc2ncc(-c3ccc(Cl)s3)cc21)C1CC1. The van der Waals surface area contributed by atoms with Gasteiger partial charge in [-0.2, -0.15) is 5.10 Å². The zero-order valence-corrected chi connectivity index (χ0v) is 12.7. The molecule has 106 valence electrons. The molecular weight excluding hydrogens is 306 g/mol. The maximum Gasteiger partial charge on any atom is 0.157 e. The molecule has 1 aliphatic rings. The third-order valence-electron chi connectivity index (χ3n) is 3.69.